The molecule has 0 atom stereocenters. The number of aryl methyl sites for hydroxylation is 2. The van der Waals surface area contributed by atoms with Gasteiger partial charge in [-0.2, -0.15) is 12.8 Å². The van der Waals surface area contributed by atoms with Gasteiger partial charge in [-0.15, -0.1) is 11.8 Å². The summed E-state index contributed by atoms with van der Waals surface area (Å²) in [5, 5.41) is 8.90. The van der Waals surface area contributed by atoms with Crippen molar-refractivity contribution in [2.24, 2.45) is 4.40 Å². The van der Waals surface area contributed by atoms with Crippen LogP contribution in [0.15, 0.2) is 62.7 Å². The number of carboxylic acid groups (broad SMARTS) is 1. The predicted molar refractivity (Wildman–Crippen MR) is 109 cm³/mol. The van der Waals surface area contributed by atoms with Crippen molar-refractivity contribution in [2.45, 2.75) is 18.7 Å². The molecule has 0 aromatic heterocycles. The number of benzene rings is 2. The molecule has 2 aromatic carbocycles. The van der Waals surface area contributed by atoms with Crippen molar-refractivity contribution in [2.75, 3.05) is 5.75 Å². The smallest absolute Gasteiger partial charge is 0.313 e. The number of carbonyl (C=O) groups is 2. The van der Waals surface area contributed by atoms with Crippen LogP contribution in [0.2, 0.25) is 0 Å². The number of allylic oxidation sites excluding steroid dienone is 2. The molecular weight excluding hydrogens is 398 g/mol. The van der Waals surface area contributed by atoms with Gasteiger partial charge in [0.25, 0.3) is 10.0 Å². The van der Waals surface area contributed by atoms with Gasteiger partial charge in [-0.25, -0.2) is 0 Å². The van der Waals surface area contributed by atoms with Gasteiger partial charge in [-0.3, -0.25) is 9.59 Å². The van der Waals surface area contributed by atoms with Gasteiger partial charge in [-0.1, -0.05) is 36.4 Å². The Morgan fingerprint density at radius 2 is 1.79 bits per heavy atom. The fourth-order valence-corrected chi connectivity index (χ4v) is 4.82. The van der Waals surface area contributed by atoms with Gasteiger partial charge >= 0.3 is 5.97 Å². The number of Topliss-reactive ketones (excluding diaryl/α,β-unsaturated/α-hetero) is 1. The molecule has 1 aliphatic rings. The Labute approximate surface area is 167 Å². The number of carbonyl (C=O) groups excluding carboxylic acids is 1. The van der Waals surface area contributed by atoms with Gasteiger partial charge in [0, 0.05) is 11.1 Å². The van der Waals surface area contributed by atoms with Crippen LogP contribution in [0.5, 0.6) is 0 Å². The summed E-state index contributed by atoms with van der Waals surface area (Å²) in [7, 11) is -4.02. The van der Waals surface area contributed by atoms with E-state index in [2.05, 4.69) is 4.40 Å². The van der Waals surface area contributed by atoms with Crippen LogP contribution in [0, 0.1) is 13.8 Å². The third-order valence-electron chi connectivity index (χ3n) is 4.13. The van der Waals surface area contributed by atoms with Gasteiger partial charge in [0.2, 0.25) is 0 Å². The second-order valence-corrected chi connectivity index (χ2v) is 8.88. The van der Waals surface area contributed by atoms with E-state index in [-0.39, 0.29) is 27.0 Å². The molecule has 3 rings (SSSR count). The lowest BCUT2D eigenvalue weighted by atomic mass is 9.94. The van der Waals surface area contributed by atoms with Crippen molar-refractivity contribution in [1.82, 2.24) is 0 Å². The lowest BCUT2D eigenvalue weighted by molar-refractivity contribution is -0.133. The van der Waals surface area contributed by atoms with Crippen molar-refractivity contribution >= 4 is 39.2 Å². The van der Waals surface area contributed by atoms with Gasteiger partial charge in [0.05, 0.1) is 21.3 Å². The van der Waals surface area contributed by atoms with Gasteiger partial charge in [-0.05, 0) is 37.1 Å². The van der Waals surface area contributed by atoms with Crippen LogP contribution >= 0.6 is 11.8 Å². The molecule has 0 fully saturated rings. The highest BCUT2D eigenvalue weighted by atomic mass is 32.2. The quantitative estimate of drug-likeness (QED) is 0.803. The first-order chi connectivity index (χ1) is 13.2. The van der Waals surface area contributed by atoms with E-state index >= 15 is 0 Å². The topological polar surface area (TPSA) is 101 Å². The fraction of sp³-hybridized carbons (Fsp3) is 0.150. The fourth-order valence-electron chi connectivity index (χ4n) is 2.79. The van der Waals surface area contributed by atoms with Gasteiger partial charge < -0.3 is 5.11 Å². The largest absolute Gasteiger partial charge is 0.481 e. The zero-order valence-electron chi connectivity index (χ0n) is 15.2. The van der Waals surface area contributed by atoms with E-state index < -0.39 is 16.0 Å². The number of hydrogen-bond acceptors (Lipinski definition) is 5. The average Bonchev–Trinajstić information content (AvgIpc) is 2.64. The second-order valence-electron chi connectivity index (χ2n) is 6.29. The van der Waals surface area contributed by atoms with E-state index in [1.54, 1.807) is 50.2 Å². The summed E-state index contributed by atoms with van der Waals surface area (Å²) in [5.41, 5.74) is 2.18. The Kier molecular flexibility index (Phi) is 5.53. The van der Waals surface area contributed by atoms with E-state index in [1.807, 2.05) is 6.07 Å². The summed E-state index contributed by atoms with van der Waals surface area (Å²) in [4.78, 5) is 23.7. The minimum atomic E-state index is -4.02. The minimum Gasteiger partial charge on any atom is -0.481 e. The molecule has 6 nitrogen and oxygen atoms in total. The molecule has 144 valence electrons. The third kappa shape index (κ3) is 4.07. The highest BCUT2D eigenvalue weighted by Crippen LogP contribution is 2.30. The summed E-state index contributed by atoms with van der Waals surface area (Å²) < 4.78 is 29.9. The Morgan fingerprint density at radius 1 is 1.11 bits per heavy atom. The van der Waals surface area contributed by atoms with Crippen LogP contribution in [-0.4, -0.2) is 36.7 Å². The molecule has 0 heterocycles. The van der Waals surface area contributed by atoms with Crippen molar-refractivity contribution in [1.29, 1.82) is 0 Å². The van der Waals surface area contributed by atoms with Crippen molar-refractivity contribution in [3.63, 3.8) is 0 Å². The number of carboxylic acids is 1. The van der Waals surface area contributed by atoms with Crippen molar-refractivity contribution in [3.8, 4) is 0 Å². The number of fused-ring (bicyclic) bond motifs is 1. The van der Waals surface area contributed by atoms with Crippen LogP contribution in [0.4, 0.5) is 0 Å². The van der Waals surface area contributed by atoms with Crippen molar-refractivity contribution in [3.05, 3.63) is 75.7 Å². The number of aliphatic carboxylic acids is 1. The summed E-state index contributed by atoms with van der Waals surface area (Å²) in [5.74, 6) is -1.72. The zero-order valence-corrected chi connectivity index (χ0v) is 16.8. The average molecular weight is 415 g/mol. The SMILES string of the molecule is Cc1ccc(C)c(S(=O)(=O)N=C2C=C(SCC(=O)O)C(=O)c3ccccc32)c1. The molecule has 8 heteroatoms. The van der Waals surface area contributed by atoms with E-state index in [4.69, 9.17) is 5.11 Å². The monoisotopic (exact) mass is 415 g/mol. The number of sulfonamides is 1. The standard InChI is InChI=1S/C20H17NO5S2/c1-12-7-8-13(2)18(9-12)28(25,26)21-16-10-17(27-11-19(22)23)20(24)15-6-4-3-5-14(15)16/h3-10H,11H2,1-2H3,(H,22,23). The maximum atomic E-state index is 12.9. The molecule has 0 saturated carbocycles. The highest BCUT2D eigenvalue weighted by Gasteiger charge is 2.27. The number of rotatable bonds is 5. The van der Waals surface area contributed by atoms with Gasteiger partial charge in [0.15, 0.2) is 5.78 Å². The van der Waals surface area contributed by atoms with Crippen LogP contribution in [-0.2, 0) is 14.8 Å². The zero-order chi connectivity index (χ0) is 20.5. The predicted octanol–water partition coefficient (Wildman–Crippen LogP) is 3.38. The number of thioether (sulfide) groups is 1. The Hall–Kier alpha value is -2.71. The summed E-state index contributed by atoms with van der Waals surface area (Å²) in [6.07, 6.45) is 1.35. The minimum absolute atomic E-state index is 0.0996. The number of nitrogens with zero attached hydrogens (tertiary/aromatic N) is 1. The first-order valence-corrected chi connectivity index (χ1v) is 10.7. The van der Waals surface area contributed by atoms with E-state index in [0.29, 0.717) is 16.7 Å². The highest BCUT2D eigenvalue weighted by molar-refractivity contribution is 8.04. The van der Waals surface area contributed by atoms with E-state index in [0.717, 1.165) is 17.3 Å². The molecule has 0 amide bonds. The van der Waals surface area contributed by atoms with E-state index in [1.165, 1.54) is 6.08 Å². The summed E-state index contributed by atoms with van der Waals surface area (Å²) in [6.45, 7) is 3.48. The molecule has 0 spiro atoms. The molecular formula is C20H17NO5S2. The molecule has 0 radical (unpaired) electrons. The molecule has 1 N–H and O–H groups in total. The first kappa shape index (κ1) is 20.0. The molecule has 2 aromatic rings. The Balaban J connectivity index is 2.15. The number of ketones is 1. The molecule has 0 saturated heterocycles. The van der Waals surface area contributed by atoms with Crippen molar-refractivity contribution < 1.29 is 23.1 Å². The van der Waals surface area contributed by atoms with Crippen LogP contribution in [0.25, 0.3) is 0 Å². The van der Waals surface area contributed by atoms with E-state index in [9.17, 15) is 18.0 Å². The number of hydrogen-bond donors (Lipinski definition) is 1. The molecule has 0 unspecified atom stereocenters. The molecule has 0 aliphatic heterocycles. The van der Waals surface area contributed by atoms with Gasteiger partial charge in [0.1, 0.15) is 0 Å². The van der Waals surface area contributed by atoms with Crippen LogP contribution in [0.1, 0.15) is 27.0 Å². The van der Waals surface area contributed by atoms with Crippen LogP contribution in [0.3, 0.4) is 0 Å². The molecule has 0 bridgehead atoms. The molecule has 28 heavy (non-hydrogen) atoms. The first-order valence-electron chi connectivity index (χ1n) is 8.31. The third-order valence-corrected chi connectivity index (χ3v) is 6.57. The Bertz CT molecular complexity index is 1150. The summed E-state index contributed by atoms with van der Waals surface area (Å²) in [6, 6.07) is 11.6. The lowest BCUT2D eigenvalue weighted by Gasteiger charge is -2.17. The van der Waals surface area contributed by atoms with Crippen LogP contribution < -0.4 is 0 Å². The lowest BCUT2D eigenvalue weighted by Crippen LogP contribution is -2.18. The maximum absolute atomic E-state index is 12.9. The Morgan fingerprint density at radius 3 is 2.46 bits per heavy atom. The second kappa shape index (κ2) is 7.73. The molecule has 1 aliphatic carbocycles. The normalized spacial score (nSPS) is 15.3. The maximum Gasteiger partial charge on any atom is 0.313 e. The summed E-state index contributed by atoms with van der Waals surface area (Å²) >= 11 is 0.845.